The molecule has 0 atom stereocenters. The Hall–Kier alpha value is -2.85. The largest absolute Gasteiger partial charge is 0.384 e. The summed E-state index contributed by atoms with van der Waals surface area (Å²) < 4.78 is 39.7. The average Bonchev–Trinajstić information content (AvgIpc) is 3.17. The maximum atomic E-state index is 13.5. The summed E-state index contributed by atoms with van der Waals surface area (Å²) in [6.45, 7) is 5.42. The van der Waals surface area contributed by atoms with Crippen molar-refractivity contribution in [2.75, 3.05) is 48.3 Å². The van der Waals surface area contributed by atoms with E-state index in [9.17, 15) is 13.0 Å². The Morgan fingerprint density at radius 3 is 2.52 bits per heavy atom. The smallest absolute Gasteiger partial charge is 0.246 e. The lowest BCUT2D eigenvalue weighted by atomic mass is 10.2. The molecule has 1 aliphatic heterocycles. The van der Waals surface area contributed by atoms with E-state index in [-0.39, 0.29) is 8.54 Å². The number of aromatic nitrogens is 3. The Balaban J connectivity index is 0.00000193. The van der Waals surface area contributed by atoms with Gasteiger partial charge in [0, 0.05) is 68.8 Å². The Bertz CT molecular complexity index is 1070. The second kappa shape index (κ2) is 9.52. The predicted octanol–water partition coefficient (Wildman–Crippen LogP) is 3.57. The van der Waals surface area contributed by atoms with Gasteiger partial charge in [0.15, 0.2) is 0 Å². The van der Waals surface area contributed by atoms with E-state index in [1.54, 1.807) is 0 Å². The first-order valence-electron chi connectivity index (χ1n) is 10.0. The van der Waals surface area contributed by atoms with Crippen LogP contribution in [0.25, 0.3) is 5.69 Å². The van der Waals surface area contributed by atoms with Crippen molar-refractivity contribution in [1.82, 2.24) is 19.7 Å². The van der Waals surface area contributed by atoms with Crippen LogP contribution in [0.1, 0.15) is 8.42 Å². The van der Waals surface area contributed by atoms with Gasteiger partial charge in [0.1, 0.15) is 18.0 Å². The minimum Gasteiger partial charge on any atom is -0.384 e. The van der Waals surface area contributed by atoms with Gasteiger partial charge < -0.3 is 10.6 Å². The van der Waals surface area contributed by atoms with Crippen LogP contribution in [0, 0.1) is 18.6 Å². The molecule has 1 saturated heterocycles. The molecular weight excluding hydrogens is 422 g/mol. The molecule has 1 aliphatic rings. The molecule has 2 aromatic carbocycles. The van der Waals surface area contributed by atoms with Gasteiger partial charge in [0.25, 0.3) is 0 Å². The standard InChI is InChI=1S/C21H24F2N6OS.2H2/c1-15-8-18(24-2-3-28-4-6-31(30)7-5-28)13-19(9-15)26-21-25-14-29(27-21)20-11-16(22)10-17(23)12-20;;/h8-14,24H,2-7H2,1H3,(H,26,27);2*1H. The molecule has 0 saturated carbocycles. The van der Waals surface area contributed by atoms with E-state index in [4.69, 9.17) is 0 Å². The highest BCUT2D eigenvalue weighted by Crippen LogP contribution is 2.21. The molecule has 2 heterocycles. The van der Waals surface area contributed by atoms with Crippen molar-refractivity contribution in [2.24, 2.45) is 0 Å². The lowest BCUT2D eigenvalue weighted by Crippen LogP contribution is -2.40. The molecule has 4 rings (SSSR count). The van der Waals surface area contributed by atoms with Crippen molar-refractivity contribution in [3.63, 3.8) is 0 Å². The second-order valence-electron chi connectivity index (χ2n) is 7.47. The highest BCUT2D eigenvalue weighted by atomic mass is 32.2. The summed E-state index contributed by atoms with van der Waals surface area (Å²) in [6, 6.07) is 9.17. The van der Waals surface area contributed by atoms with Gasteiger partial charge in [-0.05, 0) is 42.8 Å². The maximum absolute atomic E-state index is 13.5. The van der Waals surface area contributed by atoms with Gasteiger partial charge in [-0.15, -0.1) is 5.10 Å². The molecule has 0 amide bonds. The summed E-state index contributed by atoms with van der Waals surface area (Å²) in [7, 11) is -0.662. The molecule has 31 heavy (non-hydrogen) atoms. The molecule has 0 radical (unpaired) electrons. The summed E-state index contributed by atoms with van der Waals surface area (Å²) >= 11 is 0. The molecule has 3 aromatic rings. The van der Waals surface area contributed by atoms with Crippen LogP contribution in [-0.2, 0) is 10.8 Å². The minimum absolute atomic E-state index is 0. The van der Waals surface area contributed by atoms with Gasteiger partial charge in [0.2, 0.25) is 5.95 Å². The highest BCUT2D eigenvalue weighted by molar-refractivity contribution is 7.85. The summed E-state index contributed by atoms with van der Waals surface area (Å²) in [6.07, 6.45) is 1.40. The molecule has 0 spiro atoms. The van der Waals surface area contributed by atoms with Crippen molar-refractivity contribution in [1.29, 1.82) is 0 Å². The van der Waals surface area contributed by atoms with Crippen molar-refractivity contribution in [2.45, 2.75) is 6.92 Å². The van der Waals surface area contributed by atoms with E-state index in [1.807, 2.05) is 19.1 Å². The number of anilines is 3. The van der Waals surface area contributed by atoms with E-state index >= 15 is 0 Å². The Morgan fingerprint density at radius 1 is 1.06 bits per heavy atom. The number of nitrogens with zero attached hydrogens (tertiary/aromatic N) is 4. The molecule has 1 fully saturated rings. The molecular formula is C21H28F2N6OS. The predicted molar refractivity (Wildman–Crippen MR) is 123 cm³/mol. The highest BCUT2D eigenvalue weighted by Gasteiger charge is 2.14. The molecule has 10 heteroatoms. The van der Waals surface area contributed by atoms with Crippen LogP contribution in [0.2, 0.25) is 0 Å². The third-order valence-corrected chi connectivity index (χ3v) is 6.24. The summed E-state index contributed by atoms with van der Waals surface area (Å²) in [5.74, 6) is 0.475. The monoisotopic (exact) mass is 450 g/mol. The summed E-state index contributed by atoms with van der Waals surface area (Å²) in [5.41, 5.74) is 3.09. The van der Waals surface area contributed by atoms with E-state index in [1.165, 1.54) is 23.1 Å². The topological polar surface area (TPSA) is 75.1 Å². The summed E-state index contributed by atoms with van der Waals surface area (Å²) in [5, 5.41) is 10.8. The first-order valence-corrected chi connectivity index (χ1v) is 11.5. The van der Waals surface area contributed by atoms with Crippen LogP contribution >= 0.6 is 0 Å². The van der Waals surface area contributed by atoms with Crippen LogP contribution in [0.3, 0.4) is 0 Å². The fraction of sp³-hybridized carbons (Fsp3) is 0.333. The number of nitrogens with one attached hydrogen (secondary N) is 2. The molecule has 1 aromatic heterocycles. The normalized spacial score (nSPS) is 15.2. The van der Waals surface area contributed by atoms with Gasteiger partial charge in [0.05, 0.1) is 5.69 Å². The quantitative estimate of drug-likeness (QED) is 0.573. The van der Waals surface area contributed by atoms with Gasteiger partial charge in [-0.25, -0.2) is 13.5 Å². The Kier molecular flexibility index (Phi) is 6.57. The Morgan fingerprint density at radius 2 is 1.77 bits per heavy atom. The molecule has 168 valence electrons. The number of hydrogen-bond acceptors (Lipinski definition) is 6. The van der Waals surface area contributed by atoms with E-state index in [0.29, 0.717) is 5.95 Å². The van der Waals surface area contributed by atoms with Gasteiger partial charge in [-0.1, -0.05) is 0 Å². The van der Waals surface area contributed by atoms with Gasteiger partial charge in [-0.3, -0.25) is 9.11 Å². The maximum Gasteiger partial charge on any atom is 0.246 e. The first kappa shape index (κ1) is 21.4. The van der Waals surface area contributed by atoms with Crippen LogP contribution in [-0.4, -0.2) is 61.6 Å². The Labute approximate surface area is 184 Å². The van der Waals surface area contributed by atoms with E-state index < -0.39 is 22.4 Å². The molecule has 0 unspecified atom stereocenters. The van der Waals surface area contributed by atoms with E-state index in [0.717, 1.165) is 60.7 Å². The first-order chi connectivity index (χ1) is 14.9. The fourth-order valence-corrected chi connectivity index (χ4v) is 4.59. The van der Waals surface area contributed by atoms with Crippen molar-refractivity contribution >= 4 is 28.1 Å². The number of hydrogen-bond donors (Lipinski definition) is 2. The van der Waals surface area contributed by atoms with Crippen LogP contribution < -0.4 is 10.6 Å². The number of halogens is 2. The van der Waals surface area contributed by atoms with Crippen LogP contribution in [0.15, 0.2) is 42.7 Å². The average molecular weight is 451 g/mol. The van der Waals surface area contributed by atoms with Crippen molar-refractivity contribution in [3.05, 3.63) is 59.9 Å². The minimum atomic E-state index is -0.674. The molecule has 2 N–H and O–H groups in total. The van der Waals surface area contributed by atoms with Crippen molar-refractivity contribution in [3.8, 4) is 5.69 Å². The molecule has 0 aliphatic carbocycles. The third-order valence-electron chi connectivity index (χ3n) is 4.96. The second-order valence-corrected chi connectivity index (χ2v) is 9.17. The molecule has 0 bridgehead atoms. The van der Waals surface area contributed by atoms with Crippen molar-refractivity contribution < 1.29 is 15.8 Å². The third kappa shape index (κ3) is 5.86. The zero-order valence-electron chi connectivity index (χ0n) is 17.1. The number of aryl methyl sites for hydroxylation is 1. The number of rotatable bonds is 7. The van der Waals surface area contributed by atoms with E-state index in [2.05, 4.69) is 31.7 Å². The molecule has 7 nitrogen and oxygen atoms in total. The van der Waals surface area contributed by atoms with Crippen LogP contribution in [0.4, 0.5) is 26.1 Å². The zero-order chi connectivity index (χ0) is 21.8. The fourth-order valence-electron chi connectivity index (χ4n) is 3.46. The van der Waals surface area contributed by atoms with Gasteiger partial charge >= 0.3 is 0 Å². The van der Waals surface area contributed by atoms with Crippen LogP contribution in [0.5, 0.6) is 0 Å². The summed E-state index contributed by atoms with van der Waals surface area (Å²) in [4.78, 5) is 6.49. The zero-order valence-corrected chi connectivity index (χ0v) is 18.0. The van der Waals surface area contributed by atoms with Gasteiger partial charge in [-0.2, -0.15) is 4.98 Å². The lowest BCUT2D eigenvalue weighted by Gasteiger charge is -2.26. The number of benzene rings is 2. The lowest BCUT2D eigenvalue weighted by molar-refractivity contribution is 0.311. The SMILES string of the molecule is Cc1cc(NCCN2CCS(=O)CC2)cc(Nc2ncn(-c3cc(F)cc(F)c3)n2)c1.[HH].[HH].